The summed E-state index contributed by atoms with van der Waals surface area (Å²) in [4.78, 5) is 4.61. The summed E-state index contributed by atoms with van der Waals surface area (Å²) in [5, 5.41) is 0. The van der Waals surface area contributed by atoms with Crippen LogP contribution in [-0.4, -0.2) is 5.90 Å². The summed E-state index contributed by atoms with van der Waals surface area (Å²) in [6.45, 7) is 0. The molecule has 1 heterocycles. The maximum Gasteiger partial charge on any atom is 0.227 e. The van der Waals surface area contributed by atoms with Gasteiger partial charge in [-0.3, -0.25) is 0 Å². The minimum atomic E-state index is -0.282. The minimum Gasteiger partial charge on any atom is -0.437 e. The number of rotatable bonds is 2. The molecule has 0 amide bonds. The van der Waals surface area contributed by atoms with E-state index >= 15 is 0 Å². The Morgan fingerprint density at radius 1 is 0.840 bits per heavy atom. The topological polar surface area (TPSA) is 21.6 Å². The molecular weight excluding hydrogens is 428 g/mol. The zero-order valence-electron chi connectivity index (χ0n) is 13.1. The first-order chi connectivity index (χ1) is 12.2. The van der Waals surface area contributed by atoms with Gasteiger partial charge in [-0.25, -0.2) is 9.38 Å². The van der Waals surface area contributed by atoms with Crippen molar-refractivity contribution in [3.63, 3.8) is 0 Å². The van der Waals surface area contributed by atoms with Gasteiger partial charge in [0.05, 0.1) is 9.27 Å². The van der Waals surface area contributed by atoms with E-state index in [1.54, 1.807) is 12.1 Å². The number of para-hydroxylation sites is 1. The van der Waals surface area contributed by atoms with Crippen molar-refractivity contribution in [1.82, 2.24) is 0 Å². The van der Waals surface area contributed by atoms with Gasteiger partial charge in [-0.05, 0) is 64.6 Å². The van der Waals surface area contributed by atoms with Gasteiger partial charge in [-0.2, -0.15) is 0 Å². The van der Waals surface area contributed by atoms with Crippen LogP contribution in [0.4, 0.5) is 10.1 Å². The van der Waals surface area contributed by atoms with Crippen molar-refractivity contribution in [3.05, 3.63) is 101 Å². The van der Waals surface area contributed by atoms with Gasteiger partial charge in [0, 0.05) is 11.1 Å². The largest absolute Gasteiger partial charge is 0.437 e. The third-order valence-electron chi connectivity index (χ3n) is 3.89. The average molecular weight is 441 g/mol. The Bertz CT molecular complexity index is 978. The molecular formula is C21H13FINO. The van der Waals surface area contributed by atoms with E-state index in [4.69, 9.17) is 4.74 Å². The van der Waals surface area contributed by atoms with Crippen molar-refractivity contribution < 1.29 is 9.13 Å². The molecule has 0 bridgehead atoms. The molecule has 4 rings (SSSR count). The SMILES string of the molecule is Fc1ccc(C2=Nc3ccccc3/C(=C(/I)c3ccccc3)O2)cc1. The van der Waals surface area contributed by atoms with Gasteiger partial charge in [0.25, 0.3) is 0 Å². The smallest absolute Gasteiger partial charge is 0.227 e. The van der Waals surface area contributed by atoms with Gasteiger partial charge in [0.15, 0.2) is 5.76 Å². The number of aliphatic imine (C=N–C) groups is 1. The first-order valence-electron chi connectivity index (χ1n) is 7.79. The summed E-state index contributed by atoms with van der Waals surface area (Å²) in [5.41, 5.74) is 3.61. The third kappa shape index (κ3) is 3.22. The highest BCUT2D eigenvalue weighted by atomic mass is 127. The van der Waals surface area contributed by atoms with E-state index in [1.807, 2.05) is 54.6 Å². The summed E-state index contributed by atoms with van der Waals surface area (Å²) in [7, 11) is 0. The normalized spacial score (nSPS) is 15.0. The molecule has 0 aromatic heterocycles. The van der Waals surface area contributed by atoms with Gasteiger partial charge in [-0.15, -0.1) is 0 Å². The average Bonchev–Trinajstić information content (AvgIpc) is 2.68. The Morgan fingerprint density at radius 3 is 2.28 bits per heavy atom. The van der Waals surface area contributed by atoms with Crippen LogP contribution in [0.25, 0.3) is 9.34 Å². The van der Waals surface area contributed by atoms with Crippen molar-refractivity contribution in [3.8, 4) is 0 Å². The Balaban J connectivity index is 1.87. The second-order valence-corrected chi connectivity index (χ2v) is 6.63. The van der Waals surface area contributed by atoms with E-state index < -0.39 is 0 Å². The molecule has 122 valence electrons. The molecule has 0 saturated carbocycles. The lowest BCUT2D eigenvalue weighted by Crippen LogP contribution is -2.11. The molecule has 0 unspecified atom stereocenters. The van der Waals surface area contributed by atoms with Crippen molar-refractivity contribution in [1.29, 1.82) is 0 Å². The highest BCUT2D eigenvalue weighted by Gasteiger charge is 2.22. The fraction of sp³-hybridized carbons (Fsp3) is 0. The molecule has 2 nitrogen and oxygen atoms in total. The molecule has 25 heavy (non-hydrogen) atoms. The predicted molar refractivity (Wildman–Crippen MR) is 107 cm³/mol. The molecule has 0 N–H and O–H groups in total. The summed E-state index contributed by atoms with van der Waals surface area (Å²) in [5.74, 6) is 0.950. The van der Waals surface area contributed by atoms with Crippen LogP contribution in [-0.2, 0) is 4.74 Å². The number of hydrogen-bond donors (Lipinski definition) is 0. The highest BCUT2D eigenvalue weighted by molar-refractivity contribution is 14.1. The molecule has 0 atom stereocenters. The zero-order chi connectivity index (χ0) is 17.2. The predicted octanol–water partition coefficient (Wildman–Crippen LogP) is 6.20. The zero-order valence-corrected chi connectivity index (χ0v) is 15.3. The standard InChI is InChI=1S/C21H13FINO/c22-16-12-10-15(11-13-16)21-24-18-9-5-4-8-17(18)20(25-21)19(23)14-6-2-1-3-7-14/h1-13H/b20-19-. The van der Waals surface area contributed by atoms with Crippen molar-refractivity contribution in [2.45, 2.75) is 0 Å². The van der Waals surface area contributed by atoms with Gasteiger partial charge >= 0.3 is 0 Å². The summed E-state index contributed by atoms with van der Waals surface area (Å²) >= 11 is 2.30. The Hall–Kier alpha value is -2.47. The molecule has 0 saturated heterocycles. The molecule has 4 heteroatoms. The maximum absolute atomic E-state index is 13.2. The molecule has 0 aliphatic carbocycles. The third-order valence-corrected chi connectivity index (χ3v) is 5.00. The summed E-state index contributed by atoms with van der Waals surface area (Å²) < 4.78 is 20.4. The lowest BCUT2D eigenvalue weighted by molar-refractivity contribution is 0.506. The molecule has 3 aromatic rings. The molecule has 0 fully saturated rings. The van der Waals surface area contributed by atoms with E-state index in [2.05, 4.69) is 27.6 Å². The fourth-order valence-electron chi connectivity index (χ4n) is 2.64. The number of benzene rings is 3. The van der Waals surface area contributed by atoms with Crippen LogP contribution in [0.5, 0.6) is 0 Å². The number of fused-ring (bicyclic) bond motifs is 1. The first-order valence-corrected chi connectivity index (χ1v) is 8.87. The van der Waals surface area contributed by atoms with Crippen LogP contribution >= 0.6 is 22.6 Å². The Kier molecular flexibility index (Phi) is 4.36. The maximum atomic E-state index is 13.2. The second-order valence-electron chi connectivity index (χ2n) is 5.55. The molecule has 1 aliphatic rings. The highest BCUT2D eigenvalue weighted by Crippen LogP contribution is 2.40. The first kappa shape index (κ1) is 16.0. The summed E-state index contributed by atoms with van der Waals surface area (Å²) in [6.07, 6.45) is 0. The van der Waals surface area contributed by atoms with Gasteiger partial charge < -0.3 is 4.74 Å². The number of halogens is 2. The number of nitrogens with zero attached hydrogens (tertiary/aromatic N) is 1. The second kappa shape index (κ2) is 6.80. The van der Waals surface area contributed by atoms with Crippen molar-refractivity contribution in [2.24, 2.45) is 4.99 Å². The van der Waals surface area contributed by atoms with Gasteiger partial charge in [-0.1, -0.05) is 42.5 Å². The Labute approximate surface area is 158 Å². The van der Waals surface area contributed by atoms with E-state index in [0.717, 1.165) is 31.7 Å². The molecule has 0 spiro atoms. The van der Waals surface area contributed by atoms with Crippen LogP contribution in [0.3, 0.4) is 0 Å². The molecule has 3 aromatic carbocycles. The van der Waals surface area contributed by atoms with E-state index in [-0.39, 0.29) is 5.82 Å². The van der Waals surface area contributed by atoms with E-state index in [1.165, 1.54) is 12.1 Å². The van der Waals surface area contributed by atoms with Crippen molar-refractivity contribution >= 4 is 43.5 Å². The van der Waals surface area contributed by atoms with Crippen LogP contribution < -0.4 is 0 Å². The minimum absolute atomic E-state index is 0.282. The van der Waals surface area contributed by atoms with Gasteiger partial charge in [0.2, 0.25) is 5.90 Å². The number of ether oxygens (including phenoxy) is 1. The van der Waals surface area contributed by atoms with Crippen LogP contribution in [0.1, 0.15) is 16.7 Å². The fourth-order valence-corrected chi connectivity index (χ4v) is 3.40. The Morgan fingerprint density at radius 2 is 1.52 bits per heavy atom. The van der Waals surface area contributed by atoms with Crippen LogP contribution in [0, 0.1) is 5.82 Å². The summed E-state index contributed by atoms with van der Waals surface area (Å²) in [6, 6.07) is 24.1. The van der Waals surface area contributed by atoms with Gasteiger partial charge in [0.1, 0.15) is 5.82 Å². The van der Waals surface area contributed by atoms with Crippen LogP contribution in [0.15, 0.2) is 83.9 Å². The molecule has 1 aliphatic heterocycles. The quantitative estimate of drug-likeness (QED) is 0.435. The lowest BCUT2D eigenvalue weighted by Gasteiger charge is -2.21. The van der Waals surface area contributed by atoms with E-state index in [0.29, 0.717) is 5.90 Å². The van der Waals surface area contributed by atoms with Crippen molar-refractivity contribution in [2.75, 3.05) is 0 Å². The monoisotopic (exact) mass is 441 g/mol. The molecule has 0 radical (unpaired) electrons. The lowest BCUT2D eigenvalue weighted by atomic mass is 10.1. The number of hydrogen-bond acceptors (Lipinski definition) is 2. The van der Waals surface area contributed by atoms with Crippen LogP contribution in [0.2, 0.25) is 0 Å². The van der Waals surface area contributed by atoms with E-state index in [9.17, 15) is 4.39 Å².